The van der Waals surface area contributed by atoms with Crippen molar-refractivity contribution in [3.63, 3.8) is 0 Å². The van der Waals surface area contributed by atoms with Crippen LogP contribution in [0.25, 0.3) is 16.8 Å². The van der Waals surface area contributed by atoms with E-state index >= 15 is 0 Å². The predicted molar refractivity (Wildman–Crippen MR) is 149 cm³/mol. The van der Waals surface area contributed by atoms with Crippen LogP contribution >= 0.6 is 15.9 Å². The van der Waals surface area contributed by atoms with Crippen molar-refractivity contribution in [1.29, 1.82) is 0 Å². The monoisotopic (exact) mass is 576 g/mol. The van der Waals surface area contributed by atoms with Crippen molar-refractivity contribution < 1.29 is 24.2 Å². The van der Waals surface area contributed by atoms with Gasteiger partial charge in [0.05, 0.1) is 41.3 Å². The van der Waals surface area contributed by atoms with Gasteiger partial charge in [0.25, 0.3) is 5.78 Å². The fourth-order valence-corrected chi connectivity index (χ4v) is 5.05. The second-order valence-corrected chi connectivity index (χ2v) is 9.80. The molecule has 0 saturated carbocycles. The predicted octanol–water partition coefficient (Wildman–Crippen LogP) is 5.03. The average molecular weight is 577 g/mol. The molecule has 38 heavy (non-hydrogen) atoms. The third kappa shape index (κ3) is 4.26. The summed E-state index contributed by atoms with van der Waals surface area (Å²) in [5.41, 5.74) is 3.15. The van der Waals surface area contributed by atoms with E-state index in [-0.39, 0.29) is 17.3 Å². The molecule has 9 nitrogen and oxygen atoms in total. The molecule has 0 spiro atoms. The number of aromatic nitrogens is 2. The number of rotatable bonds is 6. The third-order valence-electron chi connectivity index (χ3n) is 6.50. The van der Waals surface area contributed by atoms with Crippen LogP contribution in [-0.4, -0.2) is 55.1 Å². The maximum atomic E-state index is 13.5. The summed E-state index contributed by atoms with van der Waals surface area (Å²) in [7, 11) is 6.94. The minimum Gasteiger partial charge on any atom is -0.507 e. The van der Waals surface area contributed by atoms with Gasteiger partial charge in [-0.15, -0.1) is 0 Å². The van der Waals surface area contributed by atoms with Gasteiger partial charge < -0.3 is 24.5 Å². The van der Waals surface area contributed by atoms with Crippen molar-refractivity contribution in [3.8, 4) is 11.5 Å². The first kappa shape index (κ1) is 25.3. The summed E-state index contributed by atoms with van der Waals surface area (Å²) in [6.45, 7) is 0. The Bertz CT molecular complexity index is 1590. The van der Waals surface area contributed by atoms with Gasteiger partial charge in [-0.05, 0) is 64.0 Å². The Labute approximate surface area is 227 Å². The number of nitrogens with one attached hydrogen (secondary N) is 1. The molecule has 4 aromatic rings. The summed E-state index contributed by atoms with van der Waals surface area (Å²) in [5.74, 6) is -0.534. The zero-order valence-corrected chi connectivity index (χ0v) is 22.7. The molecule has 1 aliphatic rings. The molecule has 1 aromatic heterocycles. The largest absolute Gasteiger partial charge is 0.507 e. The number of aromatic amines is 1. The smallest absolute Gasteiger partial charge is 0.302 e. The van der Waals surface area contributed by atoms with Crippen LogP contribution in [0.3, 0.4) is 0 Å². The maximum absolute atomic E-state index is 13.5. The fraction of sp³-hybridized carbons (Fsp3) is 0.179. The summed E-state index contributed by atoms with van der Waals surface area (Å²) in [6, 6.07) is 16.8. The van der Waals surface area contributed by atoms with E-state index in [9.17, 15) is 14.7 Å². The average Bonchev–Trinajstić information content (AvgIpc) is 3.45. The second-order valence-electron chi connectivity index (χ2n) is 8.95. The Hall–Kier alpha value is -4.31. The first-order valence-corrected chi connectivity index (χ1v) is 12.5. The van der Waals surface area contributed by atoms with E-state index in [4.69, 9.17) is 9.47 Å². The minimum absolute atomic E-state index is 0.0392. The summed E-state index contributed by atoms with van der Waals surface area (Å²) >= 11 is 3.42. The second kappa shape index (κ2) is 9.86. The molecule has 1 unspecified atom stereocenters. The molecular weight excluding hydrogens is 552 g/mol. The van der Waals surface area contributed by atoms with Crippen LogP contribution in [-0.2, 0) is 9.59 Å². The summed E-state index contributed by atoms with van der Waals surface area (Å²) in [4.78, 5) is 37.9. The van der Waals surface area contributed by atoms with Crippen LogP contribution in [0.1, 0.15) is 17.2 Å². The van der Waals surface area contributed by atoms with Crippen LogP contribution in [0.15, 0.2) is 70.7 Å². The number of ketones is 1. The van der Waals surface area contributed by atoms with Gasteiger partial charge in [0.1, 0.15) is 17.3 Å². The zero-order valence-electron chi connectivity index (χ0n) is 21.2. The number of anilines is 2. The SMILES string of the molecule is COc1ccc2nc(N3C(=O)C(=O)/C(=C(/O)c4ccc(OC)c(Br)c4)C3c3ccc(N(C)C)cc3)[nH]c2c1. The number of benzene rings is 3. The molecule has 2 heterocycles. The van der Waals surface area contributed by atoms with Gasteiger partial charge in [0, 0.05) is 31.4 Å². The lowest BCUT2D eigenvalue weighted by Crippen LogP contribution is -2.30. The van der Waals surface area contributed by atoms with Crippen LogP contribution in [0.5, 0.6) is 11.5 Å². The number of Topliss-reactive ketones (excluding diaryl/α,β-unsaturated/α-hetero) is 1. The molecule has 1 saturated heterocycles. The highest BCUT2D eigenvalue weighted by Crippen LogP contribution is 2.42. The molecule has 5 rings (SSSR count). The first-order valence-electron chi connectivity index (χ1n) is 11.7. The van der Waals surface area contributed by atoms with Crippen molar-refractivity contribution in [2.24, 2.45) is 0 Å². The number of carbonyl (C=O) groups is 2. The number of aliphatic hydroxyl groups excluding tert-OH is 1. The highest BCUT2D eigenvalue weighted by Gasteiger charge is 2.48. The van der Waals surface area contributed by atoms with Gasteiger partial charge >= 0.3 is 5.91 Å². The number of methoxy groups -OCH3 is 2. The van der Waals surface area contributed by atoms with Crippen molar-refractivity contribution in [2.75, 3.05) is 38.1 Å². The van der Waals surface area contributed by atoms with E-state index in [1.54, 1.807) is 43.5 Å². The van der Waals surface area contributed by atoms with E-state index < -0.39 is 17.7 Å². The molecule has 194 valence electrons. The molecule has 2 N–H and O–H groups in total. The Kier molecular flexibility index (Phi) is 6.58. The van der Waals surface area contributed by atoms with E-state index in [1.807, 2.05) is 43.3 Å². The number of halogens is 1. The van der Waals surface area contributed by atoms with Crippen LogP contribution in [0.2, 0.25) is 0 Å². The number of hydrogen-bond donors (Lipinski definition) is 2. The number of nitrogens with zero attached hydrogens (tertiary/aromatic N) is 3. The molecule has 0 radical (unpaired) electrons. The lowest BCUT2D eigenvalue weighted by Gasteiger charge is -2.24. The lowest BCUT2D eigenvalue weighted by molar-refractivity contribution is -0.132. The Balaban J connectivity index is 1.70. The number of H-pyrrole nitrogens is 1. The Morgan fingerprint density at radius 3 is 2.39 bits per heavy atom. The number of hydrogen-bond acceptors (Lipinski definition) is 7. The molecule has 1 aliphatic heterocycles. The molecule has 0 aliphatic carbocycles. The van der Waals surface area contributed by atoms with Gasteiger partial charge in [-0.25, -0.2) is 4.98 Å². The van der Waals surface area contributed by atoms with Crippen molar-refractivity contribution >= 4 is 56.0 Å². The van der Waals surface area contributed by atoms with E-state index in [0.717, 1.165) is 5.69 Å². The van der Waals surface area contributed by atoms with Crippen LogP contribution < -0.4 is 19.3 Å². The minimum atomic E-state index is -0.922. The molecule has 1 atom stereocenters. The highest BCUT2D eigenvalue weighted by atomic mass is 79.9. The van der Waals surface area contributed by atoms with Crippen LogP contribution in [0, 0.1) is 0 Å². The number of fused-ring (bicyclic) bond motifs is 1. The number of amides is 1. The van der Waals surface area contributed by atoms with Gasteiger partial charge in [-0.3, -0.25) is 14.5 Å². The standard InChI is InChI=1S/C28H25BrN4O5/c1-32(2)17-8-5-15(6-9-17)24-23(25(34)16-7-12-22(38-4)19(29)13-16)26(35)27(36)33(24)28-30-20-11-10-18(37-3)14-21(20)31-28/h5-14,24,34H,1-4H3,(H,30,31)/b25-23+. The highest BCUT2D eigenvalue weighted by molar-refractivity contribution is 9.10. The number of ether oxygens (including phenoxy) is 2. The normalized spacial score (nSPS) is 16.8. The van der Waals surface area contributed by atoms with E-state index in [2.05, 4.69) is 25.9 Å². The molecule has 3 aromatic carbocycles. The molecule has 0 bridgehead atoms. The zero-order chi connectivity index (χ0) is 27.1. The number of carbonyl (C=O) groups excluding carboxylic acids is 2. The lowest BCUT2D eigenvalue weighted by atomic mass is 9.95. The molecule has 10 heteroatoms. The van der Waals surface area contributed by atoms with E-state index in [1.165, 1.54) is 12.0 Å². The van der Waals surface area contributed by atoms with Gasteiger partial charge in [0.15, 0.2) is 0 Å². The maximum Gasteiger partial charge on any atom is 0.302 e. The summed E-state index contributed by atoms with van der Waals surface area (Å²) in [6.07, 6.45) is 0. The fourth-order valence-electron chi connectivity index (χ4n) is 4.51. The van der Waals surface area contributed by atoms with Crippen molar-refractivity contribution in [2.45, 2.75) is 6.04 Å². The third-order valence-corrected chi connectivity index (χ3v) is 7.12. The summed E-state index contributed by atoms with van der Waals surface area (Å²) in [5, 5.41) is 11.4. The van der Waals surface area contributed by atoms with Crippen molar-refractivity contribution in [3.05, 3.63) is 81.8 Å². The van der Waals surface area contributed by atoms with Gasteiger partial charge in [0.2, 0.25) is 5.95 Å². The Morgan fingerprint density at radius 1 is 1.03 bits per heavy atom. The number of imidazole rings is 1. The molecule has 1 fully saturated rings. The van der Waals surface area contributed by atoms with Gasteiger partial charge in [-0.1, -0.05) is 12.1 Å². The van der Waals surface area contributed by atoms with Crippen LogP contribution in [0.4, 0.5) is 11.6 Å². The quantitative estimate of drug-likeness (QED) is 0.188. The first-order chi connectivity index (χ1) is 18.2. The van der Waals surface area contributed by atoms with Crippen molar-refractivity contribution in [1.82, 2.24) is 9.97 Å². The van der Waals surface area contributed by atoms with Gasteiger partial charge in [-0.2, -0.15) is 0 Å². The summed E-state index contributed by atoms with van der Waals surface area (Å²) < 4.78 is 11.2. The van der Waals surface area contributed by atoms with E-state index in [0.29, 0.717) is 38.1 Å². The number of aliphatic hydroxyl groups is 1. The molecular formula is C28H25BrN4O5. The molecule has 1 amide bonds. The topological polar surface area (TPSA) is 108 Å². The Morgan fingerprint density at radius 2 is 1.76 bits per heavy atom.